The van der Waals surface area contributed by atoms with E-state index in [1.165, 1.54) is 18.2 Å². The third kappa shape index (κ3) is 10.7. The van der Waals surface area contributed by atoms with Gasteiger partial charge in [0.25, 0.3) is 5.97 Å². The van der Waals surface area contributed by atoms with E-state index in [1.807, 2.05) is 13.0 Å². The number of aryl methyl sites for hydroxylation is 1. The quantitative estimate of drug-likeness (QED) is 0.202. The molecule has 0 fully saturated rings. The van der Waals surface area contributed by atoms with Gasteiger partial charge >= 0.3 is 10.1 Å². The van der Waals surface area contributed by atoms with Gasteiger partial charge in [-0.2, -0.15) is 8.42 Å². The number of hydrogen-bond donors (Lipinski definition) is 3. The molecular formula is C21H27ClN2O6S. The molecule has 0 heterocycles. The van der Waals surface area contributed by atoms with E-state index in [0.29, 0.717) is 18.8 Å². The van der Waals surface area contributed by atoms with E-state index in [2.05, 4.69) is 0 Å². The zero-order valence-electron chi connectivity index (χ0n) is 17.4. The van der Waals surface area contributed by atoms with Crippen LogP contribution in [0.2, 0.25) is 5.02 Å². The lowest BCUT2D eigenvalue weighted by Gasteiger charge is -2.12. The van der Waals surface area contributed by atoms with Gasteiger partial charge in [-0.1, -0.05) is 23.7 Å². The number of nitrogens with one attached hydrogen (secondary N) is 1. The maximum Gasteiger partial charge on any atom is 0.340 e. The summed E-state index contributed by atoms with van der Waals surface area (Å²) in [6, 6.07) is 11.1. The normalized spacial score (nSPS) is 10.5. The van der Waals surface area contributed by atoms with Crippen molar-refractivity contribution in [1.29, 1.82) is 5.41 Å². The van der Waals surface area contributed by atoms with E-state index in [9.17, 15) is 8.42 Å². The van der Waals surface area contributed by atoms with Crippen molar-refractivity contribution in [2.45, 2.75) is 44.4 Å². The molecule has 2 rings (SSSR count). The molecule has 0 spiro atoms. The lowest BCUT2D eigenvalue weighted by Crippen LogP contribution is -2.10. The molecule has 2 aromatic carbocycles. The molecule has 4 N–H and O–H groups in total. The van der Waals surface area contributed by atoms with Crippen molar-refractivity contribution in [3.8, 4) is 11.5 Å². The van der Waals surface area contributed by atoms with E-state index in [-0.39, 0.29) is 21.5 Å². The van der Waals surface area contributed by atoms with Crippen LogP contribution < -0.4 is 14.7 Å². The van der Waals surface area contributed by atoms with Crippen LogP contribution in [0.25, 0.3) is 0 Å². The number of carboxylic acids is 1. The maximum atomic E-state index is 12.5. The van der Waals surface area contributed by atoms with Gasteiger partial charge in [-0.05, 0) is 56.0 Å². The van der Waals surface area contributed by atoms with Gasteiger partial charge in [-0.15, -0.1) is 0 Å². The van der Waals surface area contributed by atoms with E-state index < -0.39 is 16.1 Å². The second-order valence-electron chi connectivity index (χ2n) is 6.65. The van der Waals surface area contributed by atoms with Gasteiger partial charge in [0.05, 0.1) is 17.5 Å². The summed E-state index contributed by atoms with van der Waals surface area (Å²) in [6.07, 6.45) is 3.14. The van der Waals surface area contributed by atoms with Crippen LogP contribution in [0.5, 0.6) is 11.5 Å². The third-order valence-electron chi connectivity index (χ3n) is 3.70. The Morgan fingerprint density at radius 1 is 1.13 bits per heavy atom. The standard InChI is InChI=1S/C19H23ClN2O4S.C2H4O2/c1-14-11-15(25-10-6-2-3-9-19(21)22)13-16(12-14)26-27(23,24)18-8-5-4-7-17(18)20;1-2(3)4/h4-5,7-8,11-13H,2-3,6,9-10H2,1H3,(H3,21,22);1H3,(H,3,4). The third-order valence-corrected chi connectivity index (χ3v) is 5.44. The lowest BCUT2D eigenvalue weighted by atomic mass is 10.2. The Labute approximate surface area is 187 Å². The first-order chi connectivity index (χ1) is 14.5. The molecule has 0 aliphatic heterocycles. The molecule has 0 saturated carbocycles. The fraction of sp³-hybridized carbons (Fsp3) is 0.333. The largest absolute Gasteiger partial charge is 0.493 e. The molecule has 0 saturated heterocycles. The maximum absolute atomic E-state index is 12.5. The Balaban J connectivity index is 0.00000110. The van der Waals surface area contributed by atoms with Crippen LogP contribution in [0.3, 0.4) is 0 Å². The fourth-order valence-corrected chi connectivity index (χ4v) is 3.86. The first kappa shape index (κ1) is 26.3. The van der Waals surface area contributed by atoms with Gasteiger partial charge in [0, 0.05) is 19.4 Å². The van der Waals surface area contributed by atoms with Crippen molar-refractivity contribution in [3.05, 3.63) is 53.1 Å². The second-order valence-corrected chi connectivity index (χ2v) is 8.57. The Hall–Kier alpha value is -2.78. The number of ether oxygens (including phenoxy) is 1. The lowest BCUT2D eigenvalue weighted by molar-refractivity contribution is -0.134. The molecule has 170 valence electrons. The minimum absolute atomic E-state index is 0.0823. The van der Waals surface area contributed by atoms with E-state index >= 15 is 0 Å². The van der Waals surface area contributed by atoms with Gasteiger partial charge in [-0.3, -0.25) is 10.2 Å². The van der Waals surface area contributed by atoms with Gasteiger partial charge in [-0.25, -0.2) is 0 Å². The number of nitrogens with two attached hydrogens (primary N) is 1. The predicted octanol–water partition coefficient (Wildman–Crippen LogP) is 4.38. The van der Waals surface area contributed by atoms with Crippen LogP contribution in [0, 0.1) is 12.3 Å². The molecule has 0 bridgehead atoms. The number of benzene rings is 2. The zero-order chi connectivity index (χ0) is 23.4. The molecule has 0 atom stereocenters. The zero-order valence-corrected chi connectivity index (χ0v) is 19.0. The molecular weight excluding hydrogens is 444 g/mol. The van der Waals surface area contributed by atoms with Crippen LogP contribution in [-0.4, -0.2) is 31.9 Å². The highest BCUT2D eigenvalue weighted by atomic mass is 35.5. The van der Waals surface area contributed by atoms with Crippen LogP contribution >= 0.6 is 11.6 Å². The number of carbonyl (C=O) groups is 1. The minimum atomic E-state index is -4.04. The number of unbranched alkanes of at least 4 members (excludes halogenated alkanes) is 2. The smallest absolute Gasteiger partial charge is 0.340 e. The molecule has 0 aromatic heterocycles. The number of amidine groups is 1. The molecule has 10 heteroatoms. The van der Waals surface area contributed by atoms with Gasteiger partial charge in [0.1, 0.15) is 16.4 Å². The van der Waals surface area contributed by atoms with Crippen LogP contribution in [0.15, 0.2) is 47.4 Å². The number of rotatable bonds is 10. The molecule has 8 nitrogen and oxygen atoms in total. The van der Waals surface area contributed by atoms with Crippen LogP contribution in [0.1, 0.15) is 38.2 Å². The van der Waals surface area contributed by atoms with Crippen molar-refractivity contribution in [2.24, 2.45) is 5.73 Å². The molecule has 0 aliphatic rings. The van der Waals surface area contributed by atoms with Gasteiger partial charge in [0.15, 0.2) is 0 Å². The van der Waals surface area contributed by atoms with E-state index in [4.69, 9.17) is 41.6 Å². The topological polar surface area (TPSA) is 140 Å². The summed E-state index contributed by atoms with van der Waals surface area (Å²) < 4.78 is 35.8. The molecule has 0 unspecified atom stereocenters. The Kier molecular flexibility index (Phi) is 10.8. The highest BCUT2D eigenvalue weighted by molar-refractivity contribution is 7.87. The average Bonchev–Trinajstić information content (AvgIpc) is 2.63. The summed E-state index contributed by atoms with van der Waals surface area (Å²) in [4.78, 5) is 8.92. The van der Waals surface area contributed by atoms with Crippen molar-refractivity contribution < 1.29 is 27.2 Å². The van der Waals surface area contributed by atoms with Crippen molar-refractivity contribution >= 4 is 33.5 Å². The Morgan fingerprint density at radius 3 is 2.35 bits per heavy atom. The fourth-order valence-electron chi connectivity index (χ4n) is 2.45. The van der Waals surface area contributed by atoms with Crippen molar-refractivity contribution in [2.75, 3.05) is 6.61 Å². The molecule has 0 radical (unpaired) electrons. The number of carboxylic acid groups (broad SMARTS) is 1. The highest BCUT2D eigenvalue weighted by Crippen LogP contribution is 2.28. The van der Waals surface area contributed by atoms with E-state index in [1.54, 1.807) is 18.2 Å². The first-order valence-electron chi connectivity index (χ1n) is 9.47. The summed E-state index contributed by atoms with van der Waals surface area (Å²) in [5, 5.41) is 14.7. The number of halogens is 1. The highest BCUT2D eigenvalue weighted by Gasteiger charge is 2.20. The molecule has 0 amide bonds. The number of aliphatic carboxylic acids is 1. The van der Waals surface area contributed by atoms with Gasteiger partial charge in [0.2, 0.25) is 0 Å². The first-order valence-corrected chi connectivity index (χ1v) is 11.3. The minimum Gasteiger partial charge on any atom is -0.493 e. The SMILES string of the molecule is CC(=O)O.Cc1cc(OCCCCCC(=N)N)cc(OS(=O)(=O)c2ccccc2Cl)c1. The summed E-state index contributed by atoms with van der Waals surface area (Å²) in [7, 11) is -4.04. The molecule has 0 aliphatic carbocycles. The molecule has 2 aromatic rings. The molecule has 31 heavy (non-hydrogen) atoms. The van der Waals surface area contributed by atoms with E-state index in [0.717, 1.165) is 31.7 Å². The Morgan fingerprint density at radius 2 is 1.74 bits per heavy atom. The predicted molar refractivity (Wildman–Crippen MR) is 120 cm³/mol. The average molecular weight is 471 g/mol. The summed E-state index contributed by atoms with van der Waals surface area (Å²) in [6.45, 7) is 3.40. The second kappa shape index (κ2) is 12.8. The van der Waals surface area contributed by atoms with Gasteiger partial charge < -0.3 is 19.8 Å². The van der Waals surface area contributed by atoms with Crippen LogP contribution in [0.4, 0.5) is 0 Å². The summed E-state index contributed by atoms with van der Waals surface area (Å²) >= 11 is 5.96. The summed E-state index contributed by atoms with van der Waals surface area (Å²) in [5.41, 5.74) is 6.13. The van der Waals surface area contributed by atoms with Crippen LogP contribution in [-0.2, 0) is 14.9 Å². The summed E-state index contributed by atoms with van der Waals surface area (Å²) in [5.74, 6) is 0.0588. The number of hydrogen-bond acceptors (Lipinski definition) is 6. The van der Waals surface area contributed by atoms with Crippen molar-refractivity contribution in [1.82, 2.24) is 0 Å². The van der Waals surface area contributed by atoms with Crippen molar-refractivity contribution in [3.63, 3.8) is 0 Å². The monoisotopic (exact) mass is 470 g/mol. The Bertz CT molecular complexity index is 991.